The van der Waals surface area contributed by atoms with E-state index in [-0.39, 0.29) is 34.6 Å². The van der Waals surface area contributed by atoms with Gasteiger partial charge in [-0.05, 0) is 237 Å². The lowest BCUT2D eigenvalue weighted by Crippen LogP contribution is -2.06. The monoisotopic (exact) mass is 1850 g/mol. The van der Waals surface area contributed by atoms with E-state index in [1.54, 1.807) is 136 Å². The zero-order chi connectivity index (χ0) is 89.1. The Bertz CT molecular complexity index is 5560. The summed E-state index contributed by atoms with van der Waals surface area (Å²) in [7, 11) is 12.4. The Labute approximate surface area is 751 Å². The van der Waals surface area contributed by atoms with E-state index < -0.39 is 29.2 Å². The van der Waals surface area contributed by atoms with Gasteiger partial charge in [-0.15, -0.1) is 0 Å². The molecule has 0 atom stereocenters. The fourth-order valence-electron chi connectivity index (χ4n) is 10.4. The maximum Gasteiger partial charge on any atom is 0.416 e. The molecule has 0 aliphatic carbocycles. The van der Waals surface area contributed by atoms with Crippen LogP contribution >= 0.6 is 105 Å². The summed E-state index contributed by atoms with van der Waals surface area (Å²) in [6.45, 7) is 2.01. The number of para-hydroxylation sites is 1. The van der Waals surface area contributed by atoms with Crippen molar-refractivity contribution in [1.29, 1.82) is 0 Å². The average Bonchev–Trinajstić information content (AvgIpc) is 0.821. The van der Waals surface area contributed by atoms with Crippen molar-refractivity contribution in [3.8, 4) is 57.5 Å². The zero-order valence-corrected chi connectivity index (χ0v) is 73.5. The predicted molar refractivity (Wildman–Crippen MR) is 490 cm³/mol. The van der Waals surface area contributed by atoms with Crippen molar-refractivity contribution in [3.05, 3.63) is 372 Å². The number of ether oxygens (including phenoxy) is 5. The summed E-state index contributed by atoms with van der Waals surface area (Å²) in [5, 5.41) is 25.3. The van der Waals surface area contributed by atoms with Gasteiger partial charge in [0.25, 0.3) is 0 Å². The number of benzene rings is 14. The Kier molecular flexibility index (Phi) is 38.9. The van der Waals surface area contributed by atoms with Crippen LogP contribution in [0.25, 0.3) is 0 Å². The highest BCUT2D eigenvalue weighted by atomic mass is 35.5. The molecular weight excluding hydrogens is 1780 g/mol. The van der Waals surface area contributed by atoms with Crippen LogP contribution in [0.1, 0.15) is 11.1 Å². The van der Waals surface area contributed by atoms with E-state index in [1.807, 2.05) is 131 Å². The summed E-state index contributed by atoms with van der Waals surface area (Å²) in [6.07, 6.45) is -4.42. The Morgan fingerprint density at radius 2 is 0.618 bits per heavy atom. The second kappa shape index (κ2) is 49.2. The molecule has 0 spiro atoms. The van der Waals surface area contributed by atoms with Gasteiger partial charge in [0, 0.05) is 152 Å². The molecule has 0 unspecified atom stereocenters. The largest absolute Gasteiger partial charge is 0.455 e. The van der Waals surface area contributed by atoms with Gasteiger partial charge in [-0.25, -0.2) is 26.3 Å². The van der Waals surface area contributed by atoms with Gasteiger partial charge in [0.05, 0.1) is 34.0 Å². The maximum atomic E-state index is 13.0. The van der Waals surface area contributed by atoms with Crippen molar-refractivity contribution in [2.24, 2.45) is 0 Å². The van der Waals surface area contributed by atoms with Gasteiger partial charge in [0.2, 0.25) is 0 Å². The fourth-order valence-corrected chi connectivity index (χ4v) is 13.8. The second-order valence-electron chi connectivity index (χ2n) is 25.1. The van der Waals surface area contributed by atoms with Crippen LogP contribution < -0.4 is 60.9 Å². The van der Waals surface area contributed by atoms with Crippen LogP contribution in [0.15, 0.2) is 311 Å². The minimum absolute atomic E-state index is 0.198. The number of alkyl halides is 3. The molecule has 7 N–H and O–H groups in total. The van der Waals surface area contributed by atoms with Crippen molar-refractivity contribution < 1.29 is 63.2 Å². The first-order chi connectivity index (χ1) is 58.9. The van der Waals surface area contributed by atoms with Crippen molar-refractivity contribution in [2.45, 2.75) is 32.7 Å². The Hall–Kier alpha value is -11.2. The van der Waals surface area contributed by atoms with E-state index in [4.69, 9.17) is 105 Å². The van der Waals surface area contributed by atoms with Crippen LogP contribution in [0.2, 0.25) is 35.2 Å². The SMILES string of the molecule is CNc1cc(C(F)(F)F)ccc1Oc1ccc(F)cc1.CNc1ccc(Cl)cc1Oc1ccc(F)c(F)c1.CNc1ccc(Cl)cc1Oc1ccc(F)cc1.CNc1ccc(Cl)cc1Oc1cccc(F)c1.CNc1ccc(Cl)cc1Oc1ccccc1C.CNc1ccc(Cl)cc1Sc1ccc(F)cc1.CNc1ccc(Cl)cc1Sc1cccc(Cl)c1. The van der Waals surface area contributed by atoms with Gasteiger partial charge >= 0.3 is 6.18 Å². The molecule has 0 saturated carbocycles. The molecule has 0 aliphatic heterocycles. The summed E-state index contributed by atoms with van der Waals surface area (Å²) >= 11 is 44.7. The minimum atomic E-state index is -4.42. The molecule has 0 aromatic heterocycles. The summed E-state index contributed by atoms with van der Waals surface area (Å²) in [5.41, 5.74) is 5.80. The van der Waals surface area contributed by atoms with Crippen molar-refractivity contribution in [2.75, 3.05) is 86.6 Å². The summed E-state index contributed by atoms with van der Waals surface area (Å²) in [5.74, 6) is 1.79. The molecule has 12 nitrogen and oxygen atoms in total. The van der Waals surface area contributed by atoms with Crippen molar-refractivity contribution in [1.82, 2.24) is 0 Å². The normalized spacial score (nSPS) is 10.3. The number of hydrogen-bond donors (Lipinski definition) is 7. The Balaban J connectivity index is 0.000000178. The molecule has 0 heterocycles. The van der Waals surface area contributed by atoms with E-state index in [9.17, 15) is 39.5 Å². The highest BCUT2D eigenvalue weighted by molar-refractivity contribution is 7.99. The molecular formula is C93H79Cl7F9N7O5S2. The van der Waals surface area contributed by atoms with Crippen molar-refractivity contribution >= 4 is 145 Å². The van der Waals surface area contributed by atoms with Crippen LogP contribution in [0.5, 0.6) is 57.5 Å². The lowest BCUT2D eigenvalue weighted by molar-refractivity contribution is -0.137. The zero-order valence-electron chi connectivity index (χ0n) is 66.6. The lowest BCUT2D eigenvalue weighted by atomic mass is 10.2. The average molecular weight is 1860 g/mol. The minimum Gasteiger partial charge on any atom is -0.455 e. The predicted octanol–water partition coefficient (Wildman–Crippen LogP) is 32.1. The fraction of sp³-hybridized carbons (Fsp3) is 0.0968. The number of halogens is 16. The highest BCUT2D eigenvalue weighted by Crippen LogP contribution is 2.42. The number of rotatable bonds is 21. The second-order valence-corrected chi connectivity index (χ2v) is 30.4. The summed E-state index contributed by atoms with van der Waals surface area (Å²) < 4.78 is 143. The van der Waals surface area contributed by atoms with E-state index >= 15 is 0 Å². The molecule has 640 valence electrons. The number of nitrogens with one attached hydrogen (secondary N) is 7. The topological polar surface area (TPSA) is 130 Å². The first-order valence-corrected chi connectivity index (χ1v) is 41.0. The number of aryl methyl sites for hydroxylation is 1. The molecule has 0 radical (unpaired) electrons. The number of anilines is 7. The molecule has 0 aliphatic rings. The summed E-state index contributed by atoms with van der Waals surface area (Å²) in [6, 6.07) is 78.0. The quantitative estimate of drug-likeness (QED) is 0.0345. The first kappa shape index (κ1) is 97.2. The molecule has 0 fully saturated rings. The van der Waals surface area contributed by atoms with Crippen LogP contribution in [0, 0.1) is 41.8 Å². The highest BCUT2D eigenvalue weighted by Gasteiger charge is 2.31. The van der Waals surface area contributed by atoms with Crippen LogP contribution in [0.4, 0.5) is 79.3 Å². The molecule has 0 bridgehead atoms. The molecule has 14 rings (SSSR count). The standard InChI is InChI=1S/C14H14ClNO.C14H11F4NO.C13H11Cl2NS.C13H10ClF2NO.2C13H11ClFNO.C13H11ClFNS/c1-10-5-3-4-6-13(10)17-14-9-11(15)7-8-12(14)16-2;1-19-12-8-9(14(16,17)18)2-7-13(12)20-11-5-3-10(15)4-6-11;1-16-12-6-5-10(15)8-13(12)17-11-4-2-3-9(14)7-11;1-17-12-5-2-8(14)6-13(12)18-9-3-4-10(15)11(16)7-9;1-16-12-7-2-9(14)8-13(12)17-11-5-3-10(15)4-6-11;1-16-12-6-5-9(14)7-13(12)17-11-4-2-3-10(15)8-11;1-16-12-7-2-9(14)8-13(12)17-11-5-3-10(15)4-6-11/h3-9,16H,1-2H3;2-8,19H,1H3;2-8,16H,1H3;2-7,17H,1H3;3*2-8,16H,1H3. The Morgan fingerprint density at radius 1 is 0.252 bits per heavy atom. The van der Waals surface area contributed by atoms with Crippen LogP contribution in [-0.4, -0.2) is 49.3 Å². The molecule has 14 aromatic rings. The Morgan fingerprint density at radius 3 is 1.03 bits per heavy atom. The van der Waals surface area contributed by atoms with Gasteiger partial charge < -0.3 is 60.9 Å². The third kappa shape index (κ3) is 32.2. The van der Waals surface area contributed by atoms with Gasteiger partial charge in [-0.3, -0.25) is 0 Å². The van der Waals surface area contributed by atoms with E-state index in [2.05, 4.69) is 37.2 Å². The lowest BCUT2D eigenvalue weighted by Gasteiger charge is -2.14. The molecule has 14 aromatic carbocycles. The molecule has 0 amide bonds. The third-order valence-electron chi connectivity index (χ3n) is 16.5. The smallest absolute Gasteiger partial charge is 0.416 e. The number of hydrogen-bond acceptors (Lipinski definition) is 14. The third-order valence-corrected chi connectivity index (χ3v) is 20.2. The van der Waals surface area contributed by atoms with Crippen LogP contribution in [-0.2, 0) is 6.18 Å². The van der Waals surface area contributed by atoms with E-state index in [1.165, 1.54) is 79.8 Å². The first-order valence-electron chi connectivity index (χ1n) is 36.7. The van der Waals surface area contributed by atoms with Gasteiger partial charge in [0.15, 0.2) is 40.4 Å². The van der Waals surface area contributed by atoms with E-state index in [0.29, 0.717) is 65.3 Å². The summed E-state index contributed by atoms with van der Waals surface area (Å²) in [4.78, 5) is 4.18. The van der Waals surface area contributed by atoms with Gasteiger partial charge in [-0.2, -0.15) is 13.2 Å². The van der Waals surface area contributed by atoms with Crippen LogP contribution in [0.3, 0.4) is 0 Å². The van der Waals surface area contributed by atoms with Gasteiger partial charge in [-0.1, -0.05) is 135 Å². The molecule has 0 saturated heterocycles. The molecule has 123 heavy (non-hydrogen) atoms. The molecule has 30 heteroatoms. The van der Waals surface area contributed by atoms with Crippen molar-refractivity contribution in [3.63, 3.8) is 0 Å². The van der Waals surface area contributed by atoms with Gasteiger partial charge in [0.1, 0.15) is 52.0 Å². The van der Waals surface area contributed by atoms with E-state index in [0.717, 1.165) is 99.4 Å². The maximum absolute atomic E-state index is 13.0.